The third-order valence-corrected chi connectivity index (χ3v) is 5.86. The number of aryl methyl sites for hydroxylation is 2. The lowest BCUT2D eigenvalue weighted by molar-refractivity contribution is -0.120. The van der Waals surface area contributed by atoms with Crippen LogP contribution in [0.25, 0.3) is 17.1 Å². The van der Waals surface area contributed by atoms with E-state index in [1.807, 2.05) is 18.4 Å². The Morgan fingerprint density at radius 3 is 2.17 bits per heavy atom. The van der Waals surface area contributed by atoms with E-state index in [9.17, 15) is 4.79 Å². The molecule has 0 spiro atoms. The van der Waals surface area contributed by atoms with E-state index in [1.54, 1.807) is 0 Å². The van der Waals surface area contributed by atoms with Crippen molar-refractivity contribution in [2.24, 2.45) is 0 Å². The number of nitrogens with zero attached hydrogens (tertiary/aromatic N) is 3. The third kappa shape index (κ3) is 5.26. The summed E-state index contributed by atoms with van der Waals surface area (Å²) in [6.07, 6.45) is 0.876. The Balaban J connectivity index is 1.92. The van der Waals surface area contributed by atoms with Crippen molar-refractivity contribution >= 4 is 17.7 Å². The molecule has 0 unspecified atom stereocenters. The molecule has 1 N–H and O–H groups in total. The van der Waals surface area contributed by atoms with E-state index in [0.29, 0.717) is 10.9 Å². The van der Waals surface area contributed by atoms with Crippen molar-refractivity contribution in [2.45, 2.75) is 51.7 Å². The van der Waals surface area contributed by atoms with E-state index < -0.39 is 0 Å². The highest BCUT2D eigenvalue weighted by Gasteiger charge is 2.20. The second kappa shape index (κ2) is 8.82. The highest BCUT2D eigenvalue weighted by molar-refractivity contribution is 7.99. The lowest BCUT2D eigenvalue weighted by atomic mass is 10.0. The summed E-state index contributed by atoms with van der Waals surface area (Å²) in [5, 5.41) is 12.6. The predicted octanol–water partition coefficient (Wildman–Crippen LogP) is 4.95. The molecule has 1 aromatic heterocycles. The van der Waals surface area contributed by atoms with Gasteiger partial charge >= 0.3 is 0 Å². The lowest BCUT2D eigenvalue weighted by Gasteiger charge is -2.24. The number of thioether (sulfide) groups is 1. The molecule has 29 heavy (non-hydrogen) atoms. The van der Waals surface area contributed by atoms with E-state index >= 15 is 0 Å². The average Bonchev–Trinajstić information content (AvgIpc) is 3.11. The Bertz CT molecular complexity index is 975. The molecule has 0 atom stereocenters. The smallest absolute Gasteiger partial charge is 0.230 e. The van der Waals surface area contributed by atoms with Crippen LogP contribution in [0.2, 0.25) is 0 Å². The second-order valence-corrected chi connectivity index (χ2v) is 8.86. The van der Waals surface area contributed by atoms with E-state index in [0.717, 1.165) is 23.5 Å². The fourth-order valence-electron chi connectivity index (χ4n) is 2.81. The number of hydrogen-bond donors (Lipinski definition) is 1. The van der Waals surface area contributed by atoms with Crippen molar-refractivity contribution in [3.63, 3.8) is 0 Å². The molecule has 0 aliphatic heterocycles. The van der Waals surface area contributed by atoms with Crippen molar-refractivity contribution in [2.75, 3.05) is 5.75 Å². The number of carbonyl (C=O) groups is 1. The van der Waals surface area contributed by atoms with Crippen LogP contribution in [-0.2, 0) is 4.79 Å². The molecule has 1 amide bonds. The Morgan fingerprint density at radius 1 is 1.00 bits per heavy atom. The molecule has 5 nitrogen and oxygen atoms in total. The van der Waals surface area contributed by atoms with Gasteiger partial charge in [0.15, 0.2) is 11.0 Å². The summed E-state index contributed by atoms with van der Waals surface area (Å²) in [7, 11) is 0. The Hall–Kier alpha value is -2.60. The lowest BCUT2D eigenvalue weighted by Crippen LogP contribution is -2.43. The van der Waals surface area contributed by atoms with Gasteiger partial charge in [0, 0.05) is 16.8 Å². The summed E-state index contributed by atoms with van der Waals surface area (Å²) in [6.45, 7) is 10.2. The fraction of sp³-hybridized carbons (Fsp3) is 0.348. The van der Waals surface area contributed by atoms with Gasteiger partial charge in [-0.05, 0) is 46.2 Å². The third-order valence-electron chi connectivity index (χ3n) is 4.93. The van der Waals surface area contributed by atoms with Crippen LogP contribution >= 0.6 is 11.8 Å². The largest absolute Gasteiger partial charge is 0.351 e. The van der Waals surface area contributed by atoms with Crippen LogP contribution in [-0.4, -0.2) is 32.0 Å². The van der Waals surface area contributed by atoms with Crippen molar-refractivity contribution < 1.29 is 4.79 Å². The zero-order valence-electron chi connectivity index (χ0n) is 17.7. The molecule has 3 aromatic rings. The maximum atomic E-state index is 12.4. The molecule has 3 rings (SSSR count). The molecule has 0 saturated heterocycles. The van der Waals surface area contributed by atoms with E-state index in [1.165, 1.54) is 22.9 Å². The molecule has 152 valence electrons. The molecule has 1 heterocycles. The van der Waals surface area contributed by atoms with Gasteiger partial charge in [0.25, 0.3) is 0 Å². The normalized spacial score (nSPS) is 11.5. The number of nitrogens with one attached hydrogen (secondary N) is 1. The molecule has 2 aromatic carbocycles. The maximum absolute atomic E-state index is 12.4. The van der Waals surface area contributed by atoms with Gasteiger partial charge in [-0.3, -0.25) is 9.36 Å². The summed E-state index contributed by atoms with van der Waals surface area (Å²) in [4.78, 5) is 12.4. The van der Waals surface area contributed by atoms with E-state index in [2.05, 4.69) is 84.8 Å². The summed E-state index contributed by atoms with van der Waals surface area (Å²) >= 11 is 1.40. The minimum absolute atomic E-state index is 0.00260. The van der Waals surface area contributed by atoms with Crippen molar-refractivity contribution in [3.8, 4) is 17.1 Å². The van der Waals surface area contributed by atoms with Crippen LogP contribution in [0.4, 0.5) is 0 Å². The number of benzene rings is 2. The first-order valence-corrected chi connectivity index (χ1v) is 10.8. The molecule has 0 fully saturated rings. The summed E-state index contributed by atoms with van der Waals surface area (Å²) in [5.74, 6) is 1.06. The van der Waals surface area contributed by atoms with Crippen LogP contribution < -0.4 is 5.32 Å². The molecule has 0 saturated carbocycles. The Kier molecular flexibility index (Phi) is 6.42. The Morgan fingerprint density at radius 2 is 1.59 bits per heavy atom. The van der Waals surface area contributed by atoms with Crippen LogP contribution in [0.3, 0.4) is 0 Å². The highest BCUT2D eigenvalue weighted by Crippen LogP contribution is 2.28. The number of rotatable bonds is 7. The molecule has 6 heteroatoms. The van der Waals surface area contributed by atoms with Crippen LogP contribution in [0.5, 0.6) is 0 Å². The highest BCUT2D eigenvalue weighted by atomic mass is 32.2. The van der Waals surface area contributed by atoms with Crippen molar-refractivity contribution in [1.29, 1.82) is 0 Å². The first kappa shape index (κ1) is 21.1. The van der Waals surface area contributed by atoms with Gasteiger partial charge in [0.1, 0.15) is 0 Å². The summed E-state index contributed by atoms with van der Waals surface area (Å²) in [6, 6.07) is 16.5. The Labute approximate surface area is 176 Å². The second-order valence-electron chi connectivity index (χ2n) is 7.92. The first-order chi connectivity index (χ1) is 13.8. The van der Waals surface area contributed by atoms with Crippen molar-refractivity contribution in [1.82, 2.24) is 20.1 Å². The minimum Gasteiger partial charge on any atom is -0.351 e. The molecule has 0 aliphatic carbocycles. The topological polar surface area (TPSA) is 59.8 Å². The van der Waals surface area contributed by atoms with Gasteiger partial charge in [-0.25, -0.2) is 0 Å². The first-order valence-electron chi connectivity index (χ1n) is 9.82. The molecular weight excluding hydrogens is 380 g/mol. The van der Waals surface area contributed by atoms with Crippen molar-refractivity contribution in [3.05, 3.63) is 59.7 Å². The fourth-order valence-corrected chi connectivity index (χ4v) is 3.56. The summed E-state index contributed by atoms with van der Waals surface area (Å²) in [5.41, 5.74) is 4.14. The van der Waals surface area contributed by atoms with Gasteiger partial charge in [0.2, 0.25) is 5.91 Å². The molecular formula is C23H28N4OS. The van der Waals surface area contributed by atoms with Gasteiger partial charge in [-0.15, -0.1) is 10.2 Å². The van der Waals surface area contributed by atoms with Crippen LogP contribution in [0.15, 0.2) is 53.7 Å². The average molecular weight is 409 g/mol. The zero-order chi connectivity index (χ0) is 21.0. The van der Waals surface area contributed by atoms with Crippen LogP contribution in [0, 0.1) is 13.8 Å². The number of carbonyl (C=O) groups excluding carboxylic acids is 1. The minimum atomic E-state index is -0.213. The van der Waals surface area contributed by atoms with E-state index in [4.69, 9.17) is 0 Å². The SMILES string of the molecule is CCC(C)(C)NC(=O)CSc1nnc(-c2ccc(C)cc2)n1-c1ccc(C)cc1. The van der Waals surface area contributed by atoms with Gasteiger partial charge < -0.3 is 5.32 Å². The maximum Gasteiger partial charge on any atom is 0.230 e. The van der Waals surface area contributed by atoms with Gasteiger partial charge in [-0.1, -0.05) is 66.2 Å². The number of hydrogen-bond acceptors (Lipinski definition) is 4. The monoisotopic (exact) mass is 408 g/mol. The molecule has 0 radical (unpaired) electrons. The quantitative estimate of drug-likeness (QED) is 0.562. The predicted molar refractivity (Wildman–Crippen MR) is 120 cm³/mol. The number of aromatic nitrogens is 3. The standard InChI is InChI=1S/C23H28N4OS/c1-6-23(4,5)24-20(28)15-29-22-26-25-21(18-11-7-16(2)8-12-18)27(22)19-13-9-17(3)10-14-19/h7-14H,6,15H2,1-5H3,(H,24,28). The van der Waals surface area contributed by atoms with E-state index in [-0.39, 0.29) is 11.4 Å². The summed E-state index contributed by atoms with van der Waals surface area (Å²) < 4.78 is 2.02. The molecule has 0 bridgehead atoms. The number of amides is 1. The molecule has 0 aliphatic rings. The van der Waals surface area contributed by atoms with Gasteiger partial charge in [0.05, 0.1) is 5.75 Å². The zero-order valence-corrected chi connectivity index (χ0v) is 18.5. The van der Waals surface area contributed by atoms with Crippen LogP contribution in [0.1, 0.15) is 38.3 Å². The van der Waals surface area contributed by atoms with Gasteiger partial charge in [-0.2, -0.15) is 0 Å².